The summed E-state index contributed by atoms with van der Waals surface area (Å²) in [5, 5.41) is 9.58. The maximum absolute atomic E-state index is 9.58. The molecule has 0 saturated heterocycles. The molecule has 1 aromatic carbocycles. The fraction of sp³-hybridized carbons (Fsp3) is 0.769. The minimum absolute atomic E-state index is 0.0322. The molecule has 17 heteroatoms. The Labute approximate surface area is 266 Å². The van der Waals surface area contributed by atoms with Gasteiger partial charge in [0.15, 0.2) is 0 Å². The van der Waals surface area contributed by atoms with Crippen LogP contribution < -0.4 is 0 Å². The zero-order chi connectivity index (χ0) is 33.8. The molecule has 0 heterocycles. The predicted molar refractivity (Wildman–Crippen MR) is 200 cm³/mol. The van der Waals surface area contributed by atoms with Crippen molar-refractivity contribution in [1.29, 1.82) is 0 Å². The van der Waals surface area contributed by atoms with Crippen LogP contribution in [0, 0.1) is 0 Å². The number of hydrogen-bond donors (Lipinski definition) is 1. The molecule has 0 aromatic heterocycles. The van der Waals surface area contributed by atoms with Crippen LogP contribution >= 0.6 is 37.1 Å². The molecule has 1 aromatic rings. The lowest BCUT2D eigenvalue weighted by molar-refractivity contribution is 0.282. The number of benzene rings is 1. The lowest BCUT2D eigenvalue weighted by Crippen LogP contribution is -2.32. The molecule has 0 amide bonds. The first-order valence-corrected chi connectivity index (χ1v) is 24.7. The summed E-state index contributed by atoms with van der Waals surface area (Å²) in [6, 6.07) is 8.15. The topological polar surface area (TPSA) is 92.3 Å². The molecule has 0 atom stereocenters. The van der Waals surface area contributed by atoms with Crippen molar-refractivity contribution in [3.8, 4) is 0 Å². The molecule has 1 N–H and O–H groups in total. The maximum Gasteiger partial charge on any atom is 0.496 e. The molecule has 0 aliphatic carbocycles. The van der Waals surface area contributed by atoms with Crippen LogP contribution in [0.15, 0.2) is 42.3 Å². The van der Waals surface area contributed by atoms with Gasteiger partial charge in [-0.3, -0.25) is 18.7 Å². The molecule has 0 saturated carbocycles. The van der Waals surface area contributed by atoms with Gasteiger partial charge in [0.25, 0.3) is 0 Å². The zero-order valence-corrected chi connectivity index (χ0v) is 34.8. The third-order valence-electron chi connectivity index (χ3n) is 7.39. The van der Waals surface area contributed by atoms with E-state index in [2.05, 4.69) is 170 Å². The van der Waals surface area contributed by atoms with Gasteiger partial charge in [-0.25, -0.2) is 14.0 Å². The van der Waals surface area contributed by atoms with Gasteiger partial charge in [-0.2, -0.15) is 0 Å². The average Bonchev–Trinajstić information content (AvgIpc) is 2.85. The Hall–Kier alpha value is 0.250. The Balaban J connectivity index is 4.62. The van der Waals surface area contributed by atoms with E-state index in [1.165, 1.54) is 0 Å². The lowest BCUT2D eigenvalue weighted by Gasteiger charge is -2.42. The van der Waals surface area contributed by atoms with Gasteiger partial charge in [-0.05, 0) is 136 Å². The first kappa shape index (κ1) is 41.3. The summed E-state index contributed by atoms with van der Waals surface area (Å²) in [6.45, 7) is 11.9. The van der Waals surface area contributed by atoms with Gasteiger partial charge < -0.3 is 5.11 Å². The normalized spacial score (nSPS) is 14.2. The SMILES string of the molecule is CN(C)P(C)(=N[P+](N=P(C)(C)C)(N=P(C)(N(C)C)N(C)C)N=P(N(C)C)(N(C)C)N(C)Cc1ccc(CO)cc1)N(C)C. The summed E-state index contributed by atoms with van der Waals surface area (Å²) in [7, 11) is 15.5. The van der Waals surface area contributed by atoms with E-state index in [1.54, 1.807) is 0 Å². The molecule has 0 radical (unpaired) electrons. The summed E-state index contributed by atoms with van der Waals surface area (Å²) >= 11 is 0. The fourth-order valence-corrected chi connectivity index (χ4v) is 23.1. The molecule has 12 nitrogen and oxygen atoms in total. The van der Waals surface area contributed by atoms with E-state index in [0.717, 1.165) is 11.1 Å². The van der Waals surface area contributed by atoms with E-state index in [-0.39, 0.29) is 6.61 Å². The van der Waals surface area contributed by atoms with E-state index in [0.29, 0.717) is 6.54 Å². The van der Waals surface area contributed by atoms with Crippen LogP contribution in [0.25, 0.3) is 0 Å². The van der Waals surface area contributed by atoms with Gasteiger partial charge in [0, 0.05) is 26.9 Å². The van der Waals surface area contributed by atoms with Crippen LogP contribution in [0.4, 0.5) is 0 Å². The molecular weight excluding hydrogens is 637 g/mol. The van der Waals surface area contributed by atoms with Gasteiger partial charge in [0.05, 0.1) is 6.61 Å². The third-order valence-corrected chi connectivity index (χ3v) is 26.3. The number of hydrogen-bond acceptors (Lipinski definition) is 5. The Kier molecular flexibility index (Phi) is 15.3. The molecule has 1 rings (SSSR count). The molecular formula is C26H63N11OP5+. The van der Waals surface area contributed by atoms with Crippen molar-refractivity contribution in [3.05, 3.63) is 35.4 Å². The molecule has 0 aliphatic heterocycles. The number of rotatable bonds is 14. The summed E-state index contributed by atoms with van der Waals surface area (Å²) in [6.07, 6.45) is 0. The van der Waals surface area contributed by atoms with Crippen molar-refractivity contribution >= 4 is 37.1 Å². The largest absolute Gasteiger partial charge is 0.496 e. The standard InChI is InChI=1S/C26H63N11OP5/c1-31(2)40(17,32(3)4)28-42(27-39(14,15)16,29-41(18,33(5)6)34(7)8)30-43(35(9)10,36(11)12)37(13)23-25-19-21-26(24-38)22-20-25/h19-22,38H,23-24H2,1-18H3/q+1. The summed E-state index contributed by atoms with van der Waals surface area (Å²) in [4.78, 5) is 0. The van der Waals surface area contributed by atoms with Crippen LogP contribution in [-0.4, -0.2) is 163 Å². The van der Waals surface area contributed by atoms with Crippen LogP contribution in [-0.2, 0) is 13.2 Å². The number of aliphatic hydroxyl groups excluding tert-OH is 1. The number of nitrogens with zero attached hydrogens (tertiary/aromatic N) is 11. The fourth-order valence-electron chi connectivity index (χ4n) is 4.42. The molecule has 0 unspecified atom stereocenters. The highest BCUT2D eigenvalue weighted by atomic mass is 31.3. The Morgan fingerprint density at radius 2 is 0.884 bits per heavy atom. The minimum Gasteiger partial charge on any atom is -0.392 e. The molecule has 252 valence electrons. The van der Waals surface area contributed by atoms with Gasteiger partial charge in [0.2, 0.25) is 7.51 Å². The van der Waals surface area contributed by atoms with Crippen LogP contribution in [0.2, 0.25) is 0 Å². The van der Waals surface area contributed by atoms with E-state index in [4.69, 9.17) is 18.1 Å². The summed E-state index contributed by atoms with van der Waals surface area (Å²) in [5.41, 5.74) is 2.05. The van der Waals surface area contributed by atoms with Crippen molar-refractivity contribution < 1.29 is 5.11 Å². The second-order valence-electron chi connectivity index (χ2n) is 13.0. The van der Waals surface area contributed by atoms with Crippen molar-refractivity contribution in [2.24, 2.45) is 18.1 Å². The predicted octanol–water partition coefficient (Wildman–Crippen LogP) is 7.02. The van der Waals surface area contributed by atoms with Gasteiger partial charge in [-0.1, -0.05) is 28.8 Å². The molecule has 0 bridgehead atoms. The lowest BCUT2D eigenvalue weighted by atomic mass is 10.1. The van der Waals surface area contributed by atoms with E-state index >= 15 is 0 Å². The molecule has 43 heavy (non-hydrogen) atoms. The van der Waals surface area contributed by atoms with E-state index < -0.39 is 37.1 Å². The van der Waals surface area contributed by atoms with Crippen molar-refractivity contribution in [2.75, 3.05) is 125 Å². The van der Waals surface area contributed by atoms with Crippen molar-refractivity contribution in [1.82, 2.24) is 32.7 Å². The van der Waals surface area contributed by atoms with Gasteiger partial charge in [0.1, 0.15) is 14.7 Å². The second kappa shape index (κ2) is 15.9. The first-order valence-electron chi connectivity index (χ1n) is 14.2. The minimum atomic E-state index is -3.10. The summed E-state index contributed by atoms with van der Waals surface area (Å²) < 4.78 is 39.2. The van der Waals surface area contributed by atoms with E-state index in [1.807, 2.05) is 12.1 Å². The number of aliphatic hydroxyl groups is 1. The van der Waals surface area contributed by atoms with Crippen LogP contribution in [0.5, 0.6) is 0 Å². The van der Waals surface area contributed by atoms with Crippen molar-refractivity contribution in [2.45, 2.75) is 13.2 Å². The molecule has 0 aliphatic rings. The Morgan fingerprint density at radius 3 is 1.16 bits per heavy atom. The van der Waals surface area contributed by atoms with Gasteiger partial charge in [-0.15, -0.1) is 0 Å². The highest BCUT2D eigenvalue weighted by molar-refractivity contribution is 7.88. The monoisotopic (exact) mass is 700 g/mol. The van der Waals surface area contributed by atoms with Crippen LogP contribution in [0.1, 0.15) is 11.1 Å². The zero-order valence-electron chi connectivity index (χ0n) is 30.3. The van der Waals surface area contributed by atoms with Gasteiger partial charge >= 0.3 is 7.87 Å². The summed E-state index contributed by atoms with van der Waals surface area (Å²) in [5.74, 6) is 0. The van der Waals surface area contributed by atoms with Crippen LogP contribution in [0.3, 0.4) is 0 Å². The quantitative estimate of drug-likeness (QED) is 0.207. The molecule has 0 spiro atoms. The maximum atomic E-state index is 9.58. The average molecular weight is 701 g/mol. The van der Waals surface area contributed by atoms with E-state index in [9.17, 15) is 5.11 Å². The Bertz CT molecular complexity index is 1200. The Morgan fingerprint density at radius 1 is 0.535 bits per heavy atom. The second-order valence-corrected chi connectivity index (χ2v) is 30.8. The highest BCUT2D eigenvalue weighted by Crippen LogP contribution is 2.84. The highest BCUT2D eigenvalue weighted by Gasteiger charge is 2.52. The third kappa shape index (κ3) is 10.1. The van der Waals surface area contributed by atoms with Crippen molar-refractivity contribution in [3.63, 3.8) is 0 Å². The first-order chi connectivity index (χ1) is 19.4. The molecule has 0 fully saturated rings. The smallest absolute Gasteiger partial charge is 0.392 e.